The standard InChI is InChI=1S/C23H31F5O3Si/c1-21(2,3)32(5,6)31-23-11-9-7-8-10-22(23,4)12-13(23)20(29)30-19-17(27)15(25)14(24)16(26)18(19)28/h13H,7-12H2,1-6H3/t13-,22+,23+/m1/s1. The molecule has 32 heavy (non-hydrogen) atoms. The van der Waals surface area contributed by atoms with E-state index in [0.717, 1.165) is 25.7 Å². The second-order valence-electron chi connectivity index (χ2n) is 11.0. The molecule has 3 atom stereocenters. The molecule has 0 N–H and O–H groups in total. The third kappa shape index (κ3) is 3.79. The van der Waals surface area contributed by atoms with Crippen molar-refractivity contribution < 1.29 is 35.9 Å². The lowest BCUT2D eigenvalue weighted by molar-refractivity contribution is -0.212. The number of halogens is 5. The fraction of sp³-hybridized carbons (Fsp3) is 0.696. The summed E-state index contributed by atoms with van der Waals surface area (Å²) in [5.74, 6) is -14.3. The van der Waals surface area contributed by atoms with E-state index in [4.69, 9.17) is 9.16 Å². The molecule has 2 saturated carbocycles. The summed E-state index contributed by atoms with van der Waals surface area (Å²) in [5.41, 5.74) is -1.23. The van der Waals surface area contributed by atoms with Gasteiger partial charge in [0, 0.05) is 0 Å². The van der Waals surface area contributed by atoms with Crippen LogP contribution in [-0.2, 0) is 9.22 Å². The summed E-state index contributed by atoms with van der Waals surface area (Å²) in [6.07, 6.45) is 4.53. The van der Waals surface area contributed by atoms with E-state index in [0.29, 0.717) is 12.8 Å². The molecule has 0 amide bonds. The molecule has 3 nitrogen and oxygen atoms in total. The van der Waals surface area contributed by atoms with E-state index in [-0.39, 0.29) is 10.5 Å². The Bertz CT molecular complexity index is 900. The third-order valence-electron chi connectivity index (χ3n) is 7.92. The summed E-state index contributed by atoms with van der Waals surface area (Å²) in [7, 11) is -2.38. The number of rotatable bonds is 4. The zero-order valence-corrected chi connectivity index (χ0v) is 20.4. The molecule has 0 heterocycles. The minimum atomic E-state index is -2.38. The largest absolute Gasteiger partial charge is 0.420 e. The van der Waals surface area contributed by atoms with E-state index in [1.54, 1.807) is 0 Å². The van der Waals surface area contributed by atoms with Crippen molar-refractivity contribution in [2.45, 2.75) is 90.0 Å². The second kappa shape index (κ2) is 8.08. The first kappa shape index (κ1) is 25.1. The van der Waals surface area contributed by atoms with Gasteiger partial charge in [-0.05, 0) is 42.8 Å². The van der Waals surface area contributed by atoms with Gasteiger partial charge in [-0.25, -0.2) is 13.2 Å². The van der Waals surface area contributed by atoms with Gasteiger partial charge >= 0.3 is 5.97 Å². The first-order valence-electron chi connectivity index (χ1n) is 11.0. The van der Waals surface area contributed by atoms with Gasteiger partial charge in [0.05, 0.1) is 11.5 Å². The SMILES string of the molecule is CC(C)(C)[Si](C)(C)O[C@]12CCCCC[C@@]1(C)C[C@@H]2C(=O)Oc1c(F)c(F)c(F)c(F)c1F. The fourth-order valence-electron chi connectivity index (χ4n) is 4.92. The summed E-state index contributed by atoms with van der Waals surface area (Å²) in [5, 5.41) is -0.152. The Kier molecular flexibility index (Phi) is 6.35. The minimum Gasteiger partial charge on any atom is -0.420 e. The van der Waals surface area contributed by atoms with Crippen LogP contribution in [0.25, 0.3) is 0 Å². The van der Waals surface area contributed by atoms with Crippen molar-refractivity contribution in [2.75, 3.05) is 0 Å². The number of fused-ring (bicyclic) bond motifs is 1. The molecule has 1 aromatic carbocycles. The summed E-state index contributed by atoms with van der Waals surface area (Å²) in [6, 6.07) is 0. The Morgan fingerprint density at radius 1 is 0.906 bits per heavy atom. The van der Waals surface area contributed by atoms with Crippen molar-refractivity contribution in [3.05, 3.63) is 29.1 Å². The van der Waals surface area contributed by atoms with Crippen LogP contribution in [-0.4, -0.2) is 19.9 Å². The molecule has 9 heteroatoms. The van der Waals surface area contributed by atoms with E-state index < -0.39 is 60.6 Å². The van der Waals surface area contributed by atoms with Gasteiger partial charge in [0.2, 0.25) is 34.8 Å². The number of carbonyl (C=O) groups is 1. The molecule has 2 aliphatic rings. The van der Waals surface area contributed by atoms with Gasteiger partial charge in [-0.2, -0.15) is 8.78 Å². The van der Waals surface area contributed by atoms with E-state index in [1.807, 2.05) is 6.92 Å². The zero-order valence-electron chi connectivity index (χ0n) is 19.4. The Balaban J connectivity index is 1.99. The summed E-state index contributed by atoms with van der Waals surface area (Å²) < 4.78 is 80.5. The van der Waals surface area contributed by atoms with Crippen LogP contribution in [0.5, 0.6) is 5.75 Å². The maximum Gasteiger partial charge on any atom is 0.317 e. The highest BCUT2D eigenvalue weighted by Gasteiger charge is 2.68. The highest BCUT2D eigenvalue weighted by molar-refractivity contribution is 6.74. The van der Waals surface area contributed by atoms with Crippen molar-refractivity contribution in [3.63, 3.8) is 0 Å². The Morgan fingerprint density at radius 3 is 1.94 bits per heavy atom. The van der Waals surface area contributed by atoms with Gasteiger partial charge in [0.1, 0.15) is 0 Å². The van der Waals surface area contributed by atoms with Crippen LogP contribution in [0.15, 0.2) is 0 Å². The monoisotopic (exact) mass is 478 g/mol. The first-order chi connectivity index (χ1) is 14.6. The molecule has 0 radical (unpaired) electrons. The van der Waals surface area contributed by atoms with Crippen molar-refractivity contribution in [2.24, 2.45) is 11.3 Å². The third-order valence-corrected chi connectivity index (χ3v) is 12.4. The van der Waals surface area contributed by atoms with Crippen molar-refractivity contribution in [3.8, 4) is 5.75 Å². The summed E-state index contributed by atoms with van der Waals surface area (Å²) in [4.78, 5) is 13.1. The number of esters is 1. The molecular weight excluding hydrogens is 447 g/mol. The van der Waals surface area contributed by atoms with Crippen molar-refractivity contribution in [1.29, 1.82) is 0 Å². The second-order valence-corrected chi connectivity index (χ2v) is 15.7. The van der Waals surface area contributed by atoms with Gasteiger partial charge in [-0.3, -0.25) is 4.79 Å². The molecular formula is C23H31F5O3Si. The van der Waals surface area contributed by atoms with E-state index in [2.05, 4.69) is 33.9 Å². The molecule has 0 unspecified atom stereocenters. The predicted molar refractivity (Wildman–Crippen MR) is 112 cm³/mol. The van der Waals surface area contributed by atoms with Crippen LogP contribution in [0.3, 0.4) is 0 Å². The van der Waals surface area contributed by atoms with Gasteiger partial charge < -0.3 is 9.16 Å². The maximum absolute atomic E-state index is 14.1. The molecule has 0 aliphatic heterocycles. The lowest BCUT2D eigenvalue weighted by atomic mass is 9.49. The maximum atomic E-state index is 14.1. The Hall–Kier alpha value is -1.48. The van der Waals surface area contributed by atoms with Gasteiger partial charge in [0.15, 0.2) is 8.32 Å². The predicted octanol–water partition coefficient (Wildman–Crippen LogP) is 7.04. The fourth-order valence-corrected chi connectivity index (χ4v) is 6.63. The van der Waals surface area contributed by atoms with Crippen molar-refractivity contribution in [1.82, 2.24) is 0 Å². The van der Waals surface area contributed by atoms with Crippen LogP contribution in [0.1, 0.15) is 66.2 Å². The zero-order chi connectivity index (χ0) is 24.3. The van der Waals surface area contributed by atoms with Gasteiger partial charge in [-0.15, -0.1) is 0 Å². The van der Waals surface area contributed by atoms with Crippen LogP contribution < -0.4 is 4.74 Å². The summed E-state index contributed by atoms with van der Waals surface area (Å²) in [6.45, 7) is 12.4. The minimum absolute atomic E-state index is 0.152. The van der Waals surface area contributed by atoms with E-state index >= 15 is 0 Å². The number of benzene rings is 1. The molecule has 1 aromatic rings. The van der Waals surface area contributed by atoms with Crippen LogP contribution in [0.4, 0.5) is 22.0 Å². The molecule has 2 aliphatic carbocycles. The van der Waals surface area contributed by atoms with Gasteiger partial charge in [0.25, 0.3) is 0 Å². The number of ether oxygens (including phenoxy) is 1. The highest BCUT2D eigenvalue weighted by Crippen LogP contribution is 2.64. The topological polar surface area (TPSA) is 35.5 Å². The van der Waals surface area contributed by atoms with Crippen LogP contribution in [0, 0.1) is 40.4 Å². The smallest absolute Gasteiger partial charge is 0.317 e. The molecule has 0 saturated heterocycles. The number of hydrogen-bond acceptors (Lipinski definition) is 3. The molecule has 2 fully saturated rings. The normalized spacial score (nSPS) is 28.5. The lowest BCUT2D eigenvalue weighted by Crippen LogP contribution is -2.70. The highest BCUT2D eigenvalue weighted by atomic mass is 28.4. The lowest BCUT2D eigenvalue weighted by Gasteiger charge is -2.64. The number of carbonyl (C=O) groups excluding carboxylic acids is 1. The van der Waals surface area contributed by atoms with E-state index in [1.165, 1.54) is 0 Å². The van der Waals surface area contributed by atoms with E-state index in [9.17, 15) is 26.7 Å². The molecule has 0 bridgehead atoms. The number of hydrogen-bond donors (Lipinski definition) is 0. The molecule has 0 aromatic heterocycles. The van der Waals surface area contributed by atoms with Crippen LogP contribution in [0.2, 0.25) is 18.1 Å². The molecule has 180 valence electrons. The Morgan fingerprint density at radius 2 is 1.41 bits per heavy atom. The summed E-state index contributed by atoms with van der Waals surface area (Å²) >= 11 is 0. The molecule has 3 rings (SSSR count). The quantitative estimate of drug-likeness (QED) is 0.116. The van der Waals surface area contributed by atoms with Gasteiger partial charge in [-0.1, -0.05) is 47.0 Å². The first-order valence-corrected chi connectivity index (χ1v) is 13.9. The van der Waals surface area contributed by atoms with Crippen LogP contribution >= 0.6 is 0 Å². The Labute approximate surface area is 186 Å². The average molecular weight is 479 g/mol. The average Bonchev–Trinajstić information content (AvgIpc) is 2.80. The van der Waals surface area contributed by atoms with Crippen molar-refractivity contribution >= 4 is 14.3 Å². The molecule has 0 spiro atoms.